The summed E-state index contributed by atoms with van der Waals surface area (Å²) in [7, 11) is 6.46. The maximum absolute atomic E-state index is 9.97. The van der Waals surface area contributed by atoms with Gasteiger partial charge in [0.25, 0.3) is 0 Å². The zero-order chi connectivity index (χ0) is 24.2. The highest BCUT2D eigenvalue weighted by atomic mass is 16.5. The standard InChI is InChI=1S/C27H28N2O5/c1-30-18-9-8-16(23(13-18)32-3)12-17-6-5-7-21-25(22(15-28)27(29)34-26(17)21)20-11-10-19(31-2)14-24(20)33-4/h8-14,25H,5-7,29H2,1-4H3/b17-12-/t25-/m0/s1. The summed E-state index contributed by atoms with van der Waals surface area (Å²) in [4.78, 5) is 0. The minimum absolute atomic E-state index is 0.110. The topological polar surface area (TPSA) is 96.0 Å². The maximum Gasteiger partial charge on any atom is 0.205 e. The Morgan fingerprint density at radius 2 is 1.62 bits per heavy atom. The van der Waals surface area contributed by atoms with Crippen LogP contribution in [0.5, 0.6) is 23.0 Å². The summed E-state index contributed by atoms with van der Waals surface area (Å²) in [5, 5.41) is 9.97. The van der Waals surface area contributed by atoms with Gasteiger partial charge in [-0.15, -0.1) is 0 Å². The van der Waals surface area contributed by atoms with E-state index in [9.17, 15) is 5.26 Å². The van der Waals surface area contributed by atoms with Crippen LogP contribution in [0, 0.1) is 11.3 Å². The van der Waals surface area contributed by atoms with Gasteiger partial charge in [0, 0.05) is 23.3 Å². The molecular weight excluding hydrogens is 432 g/mol. The number of ether oxygens (including phenoxy) is 5. The fraction of sp³-hybridized carbons (Fsp3) is 0.296. The molecule has 1 aliphatic heterocycles. The first-order valence-corrected chi connectivity index (χ1v) is 11.0. The molecule has 4 rings (SSSR count). The second kappa shape index (κ2) is 9.84. The third-order valence-corrected chi connectivity index (χ3v) is 6.23. The molecule has 0 fully saturated rings. The van der Waals surface area contributed by atoms with E-state index in [-0.39, 0.29) is 11.8 Å². The molecule has 176 valence electrons. The summed E-state index contributed by atoms with van der Waals surface area (Å²) in [6.45, 7) is 0. The van der Waals surface area contributed by atoms with Gasteiger partial charge >= 0.3 is 0 Å². The number of nitriles is 1. The summed E-state index contributed by atoms with van der Waals surface area (Å²) >= 11 is 0. The molecule has 2 aromatic rings. The number of hydrogen-bond acceptors (Lipinski definition) is 7. The lowest BCUT2D eigenvalue weighted by atomic mass is 9.76. The number of benzene rings is 2. The lowest BCUT2D eigenvalue weighted by Crippen LogP contribution is -2.24. The number of nitrogens with two attached hydrogens (primary N) is 1. The van der Waals surface area contributed by atoms with Crippen molar-refractivity contribution >= 4 is 6.08 Å². The molecule has 7 nitrogen and oxygen atoms in total. The zero-order valence-electron chi connectivity index (χ0n) is 19.8. The minimum atomic E-state index is -0.365. The highest BCUT2D eigenvalue weighted by Crippen LogP contribution is 2.49. The van der Waals surface area contributed by atoms with Crippen LogP contribution in [0.2, 0.25) is 0 Å². The lowest BCUT2D eigenvalue weighted by Gasteiger charge is -2.33. The van der Waals surface area contributed by atoms with Crippen LogP contribution in [0.25, 0.3) is 6.08 Å². The number of methoxy groups -OCH3 is 4. The van der Waals surface area contributed by atoms with Gasteiger partial charge in [-0.1, -0.05) is 6.07 Å². The Kier molecular flexibility index (Phi) is 6.69. The smallest absolute Gasteiger partial charge is 0.205 e. The van der Waals surface area contributed by atoms with E-state index in [1.807, 2.05) is 36.4 Å². The van der Waals surface area contributed by atoms with Crippen LogP contribution >= 0.6 is 0 Å². The normalized spacial score (nSPS) is 18.7. The van der Waals surface area contributed by atoms with E-state index in [1.54, 1.807) is 28.4 Å². The molecule has 0 radical (unpaired) electrons. The van der Waals surface area contributed by atoms with Crippen molar-refractivity contribution in [3.8, 4) is 29.1 Å². The van der Waals surface area contributed by atoms with Gasteiger partial charge in [0.05, 0.1) is 34.4 Å². The Hall–Kier alpha value is -4.05. The SMILES string of the molecule is COc1ccc(/C=C2/CCCC3=C2OC(N)=C(C#N)[C@H]3c2ccc(OC)cc2OC)c(OC)c1. The molecule has 2 aliphatic rings. The molecule has 0 spiro atoms. The summed E-state index contributed by atoms with van der Waals surface area (Å²) in [5.41, 5.74) is 10.4. The lowest BCUT2D eigenvalue weighted by molar-refractivity contribution is 0.276. The quantitative estimate of drug-likeness (QED) is 0.644. The highest BCUT2D eigenvalue weighted by Gasteiger charge is 2.37. The van der Waals surface area contributed by atoms with Gasteiger partial charge in [-0.05, 0) is 54.7 Å². The first-order chi connectivity index (χ1) is 16.5. The Balaban J connectivity index is 1.86. The van der Waals surface area contributed by atoms with Gasteiger partial charge in [-0.3, -0.25) is 0 Å². The van der Waals surface area contributed by atoms with Crippen LogP contribution in [0.15, 0.2) is 64.8 Å². The molecule has 0 bridgehead atoms. The number of rotatable bonds is 6. The van der Waals surface area contributed by atoms with E-state index < -0.39 is 0 Å². The van der Waals surface area contributed by atoms with Crippen molar-refractivity contribution in [2.75, 3.05) is 28.4 Å². The molecule has 2 aromatic carbocycles. The molecule has 2 N–H and O–H groups in total. The molecule has 0 aromatic heterocycles. The molecule has 7 heteroatoms. The van der Waals surface area contributed by atoms with Crippen molar-refractivity contribution in [1.82, 2.24) is 0 Å². The van der Waals surface area contributed by atoms with Crippen LogP contribution < -0.4 is 24.7 Å². The van der Waals surface area contributed by atoms with Crippen molar-refractivity contribution in [2.45, 2.75) is 25.2 Å². The number of hydrogen-bond donors (Lipinski definition) is 1. The summed E-state index contributed by atoms with van der Waals surface area (Å²) in [5.74, 6) is 3.18. The number of nitrogens with zero attached hydrogens (tertiary/aromatic N) is 1. The third kappa shape index (κ3) is 4.15. The Morgan fingerprint density at radius 1 is 0.941 bits per heavy atom. The summed E-state index contributed by atoms with van der Waals surface area (Å²) in [6, 6.07) is 13.6. The van der Waals surface area contributed by atoms with Crippen molar-refractivity contribution < 1.29 is 23.7 Å². The first kappa shape index (κ1) is 23.1. The predicted molar refractivity (Wildman–Crippen MR) is 129 cm³/mol. The minimum Gasteiger partial charge on any atom is -0.497 e. The van der Waals surface area contributed by atoms with E-state index in [1.165, 1.54) is 0 Å². The van der Waals surface area contributed by atoms with Crippen LogP contribution in [-0.4, -0.2) is 28.4 Å². The molecule has 1 atom stereocenters. The van der Waals surface area contributed by atoms with E-state index in [0.29, 0.717) is 34.3 Å². The van der Waals surface area contributed by atoms with E-state index in [2.05, 4.69) is 12.1 Å². The van der Waals surface area contributed by atoms with Crippen LogP contribution in [-0.2, 0) is 4.74 Å². The van der Waals surface area contributed by atoms with Gasteiger partial charge in [0.15, 0.2) is 0 Å². The Labute approximate surface area is 199 Å². The maximum atomic E-state index is 9.97. The predicted octanol–water partition coefficient (Wildman–Crippen LogP) is 5.05. The van der Waals surface area contributed by atoms with Gasteiger partial charge in [0.1, 0.15) is 40.4 Å². The van der Waals surface area contributed by atoms with Gasteiger partial charge < -0.3 is 29.4 Å². The zero-order valence-corrected chi connectivity index (χ0v) is 19.8. The van der Waals surface area contributed by atoms with Crippen LogP contribution in [0.4, 0.5) is 0 Å². The first-order valence-electron chi connectivity index (χ1n) is 11.0. The fourth-order valence-corrected chi connectivity index (χ4v) is 4.57. The van der Waals surface area contributed by atoms with Crippen molar-refractivity contribution in [3.05, 3.63) is 75.9 Å². The Morgan fingerprint density at radius 3 is 2.26 bits per heavy atom. The van der Waals surface area contributed by atoms with Crippen LogP contribution in [0.1, 0.15) is 36.3 Å². The largest absolute Gasteiger partial charge is 0.497 e. The Bertz CT molecular complexity index is 1240. The highest BCUT2D eigenvalue weighted by molar-refractivity contribution is 5.67. The molecule has 1 heterocycles. The average molecular weight is 461 g/mol. The van der Waals surface area contributed by atoms with Crippen LogP contribution in [0.3, 0.4) is 0 Å². The summed E-state index contributed by atoms with van der Waals surface area (Å²) in [6.07, 6.45) is 4.57. The molecule has 0 saturated heterocycles. The van der Waals surface area contributed by atoms with E-state index >= 15 is 0 Å². The van der Waals surface area contributed by atoms with Crippen molar-refractivity contribution in [3.63, 3.8) is 0 Å². The van der Waals surface area contributed by atoms with E-state index in [4.69, 9.17) is 29.4 Å². The van der Waals surface area contributed by atoms with E-state index in [0.717, 1.165) is 41.5 Å². The fourth-order valence-electron chi connectivity index (χ4n) is 4.57. The molecule has 0 amide bonds. The van der Waals surface area contributed by atoms with Gasteiger partial charge in [-0.25, -0.2) is 0 Å². The van der Waals surface area contributed by atoms with Crippen molar-refractivity contribution in [1.29, 1.82) is 5.26 Å². The molecule has 0 unspecified atom stereocenters. The second-order valence-electron chi connectivity index (χ2n) is 8.02. The summed E-state index contributed by atoms with van der Waals surface area (Å²) < 4.78 is 28.0. The van der Waals surface area contributed by atoms with Gasteiger partial charge in [-0.2, -0.15) is 5.26 Å². The molecule has 34 heavy (non-hydrogen) atoms. The van der Waals surface area contributed by atoms with Gasteiger partial charge in [0.2, 0.25) is 5.88 Å². The second-order valence-corrected chi connectivity index (χ2v) is 8.02. The number of allylic oxidation sites excluding steroid dienone is 3. The average Bonchev–Trinajstić information content (AvgIpc) is 2.88. The van der Waals surface area contributed by atoms with Crippen molar-refractivity contribution in [2.24, 2.45) is 5.73 Å². The monoisotopic (exact) mass is 460 g/mol. The molecule has 0 saturated carbocycles. The third-order valence-electron chi connectivity index (χ3n) is 6.23. The molecular formula is C27H28N2O5. The molecule has 1 aliphatic carbocycles.